The topological polar surface area (TPSA) is 137 Å². The molecule has 13 heteroatoms. The highest BCUT2D eigenvalue weighted by molar-refractivity contribution is 7.89. The number of ether oxygens (including phenoxy) is 1. The van der Waals surface area contributed by atoms with Crippen LogP contribution in [0.4, 0.5) is 11.5 Å². The van der Waals surface area contributed by atoms with Crippen molar-refractivity contribution in [3.63, 3.8) is 0 Å². The van der Waals surface area contributed by atoms with Crippen LogP contribution in [0, 0.1) is 6.92 Å². The van der Waals surface area contributed by atoms with Gasteiger partial charge in [-0.05, 0) is 55.3 Å². The fraction of sp³-hybridized carbons (Fsp3) is 0.258. The molecule has 1 unspecified atom stereocenters. The number of hydrogen-bond donors (Lipinski definition) is 3. The molecule has 2 atom stereocenters. The van der Waals surface area contributed by atoms with E-state index in [1.807, 2.05) is 68.7 Å². The Labute approximate surface area is 254 Å². The number of aryl methyl sites for hydroxylation is 1. The van der Waals surface area contributed by atoms with E-state index in [1.54, 1.807) is 27.8 Å². The number of amides is 1. The average molecular weight is 613 g/mol. The van der Waals surface area contributed by atoms with Gasteiger partial charge in [0.05, 0.1) is 29.5 Å². The van der Waals surface area contributed by atoms with E-state index < -0.39 is 16.2 Å². The first-order chi connectivity index (χ1) is 21.3. The van der Waals surface area contributed by atoms with E-state index in [2.05, 4.69) is 25.7 Å². The number of rotatable bonds is 7. The Morgan fingerprint density at radius 3 is 2.64 bits per heavy atom. The SMILES string of the molecule is Cc1ccn2c1C(=O)N(c1ccccc1)C([C@H](C)Nc1ncnc3[nH]cc(-c4cccc(S(=O)(=O)N5CCOCC5)c4)c13)N2. The lowest BCUT2D eigenvalue weighted by Crippen LogP contribution is -2.59. The van der Waals surface area contributed by atoms with Gasteiger partial charge in [-0.2, -0.15) is 4.31 Å². The maximum absolute atomic E-state index is 13.9. The molecule has 2 aromatic carbocycles. The molecule has 2 aliphatic rings. The number of aromatic nitrogens is 4. The Kier molecular flexibility index (Phi) is 7.07. The van der Waals surface area contributed by atoms with Crippen LogP contribution in [0.15, 0.2) is 84.3 Å². The van der Waals surface area contributed by atoms with Crippen molar-refractivity contribution in [3.8, 4) is 11.1 Å². The number of anilines is 2. The van der Waals surface area contributed by atoms with Crippen LogP contribution >= 0.6 is 0 Å². The maximum Gasteiger partial charge on any atom is 0.278 e. The number of carbonyl (C=O) groups is 1. The lowest BCUT2D eigenvalue weighted by atomic mass is 10.1. The molecule has 0 radical (unpaired) electrons. The Bertz CT molecular complexity index is 1950. The molecule has 0 bridgehead atoms. The number of nitrogens with zero attached hydrogens (tertiary/aromatic N) is 5. The summed E-state index contributed by atoms with van der Waals surface area (Å²) < 4.78 is 35.4. The fourth-order valence-electron chi connectivity index (χ4n) is 5.91. The molecule has 3 aromatic heterocycles. The van der Waals surface area contributed by atoms with Crippen molar-refractivity contribution in [2.24, 2.45) is 0 Å². The second-order valence-corrected chi connectivity index (χ2v) is 12.9. The third-order valence-corrected chi connectivity index (χ3v) is 10.0. The Balaban J connectivity index is 1.24. The smallest absolute Gasteiger partial charge is 0.278 e. The Hall–Kier alpha value is -4.72. The highest BCUT2D eigenvalue weighted by Gasteiger charge is 2.38. The summed E-state index contributed by atoms with van der Waals surface area (Å²) in [4.78, 5) is 28.1. The van der Waals surface area contributed by atoms with Crippen molar-refractivity contribution in [2.45, 2.75) is 31.0 Å². The van der Waals surface area contributed by atoms with Crippen LogP contribution in [0.2, 0.25) is 0 Å². The van der Waals surface area contributed by atoms with Gasteiger partial charge in [0.2, 0.25) is 10.0 Å². The van der Waals surface area contributed by atoms with Gasteiger partial charge in [-0.15, -0.1) is 0 Å². The van der Waals surface area contributed by atoms with E-state index in [1.165, 1.54) is 10.6 Å². The summed E-state index contributed by atoms with van der Waals surface area (Å²) in [7, 11) is -3.68. The number of H-pyrrole nitrogens is 1. The molecular formula is C31H32N8O4S. The lowest BCUT2D eigenvalue weighted by molar-refractivity contribution is 0.0730. The third kappa shape index (κ3) is 4.78. The molecule has 44 heavy (non-hydrogen) atoms. The second-order valence-electron chi connectivity index (χ2n) is 10.9. The number of carbonyl (C=O) groups excluding carboxylic acids is 1. The van der Waals surface area contributed by atoms with E-state index in [4.69, 9.17) is 4.74 Å². The molecule has 1 fully saturated rings. The van der Waals surface area contributed by atoms with Gasteiger partial charge in [0.15, 0.2) is 0 Å². The molecule has 0 spiro atoms. The quantitative estimate of drug-likeness (QED) is 0.253. The van der Waals surface area contributed by atoms with Gasteiger partial charge in [0, 0.05) is 36.7 Å². The summed E-state index contributed by atoms with van der Waals surface area (Å²) in [5.74, 6) is 0.446. The molecule has 226 valence electrons. The standard InChI is InChI=1S/C31H32N8O4S/c1-20-11-12-38-27(20)31(40)39(23-8-4-3-5-9-23)30(36-38)21(2)35-29-26-25(18-32-28(26)33-19-34-29)22-7-6-10-24(17-22)44(41,42)37-13-15-43-16-14-37/h3-12,17-19,21,30,36H,13-16H2,1-2H3,(H2,32,33,34,35)/t21-,30?/m0/s1. The van der Waals surface area contributed by atoms with Gasteiger partial charge in [-0.1, -0.05) is 30.3 Å². The van der Waals surface area contributed by atoms with Crippen LogP contribution in [-0.2, 0) is 14.8 Å². The van der Waals surface area contributed by atoms with E-state index in [0.717, 1.165) is 16.8 Å². The van der Waals surface area contributed by atoms with Crippen molar-refractivity contribution >= 4 is 38.5 Å². The monoisotopic (exact) mass is 612 g/mol. The highest BCUT2D eigenvalue weighted by Crippen LogP contribution is 2.35. The van der Waals surface area contributed by atoms with Crippen LogP contribution in [0.1, 0.15) is 23.0 Å². The Morgan fingerprint density at radius 1 is 1.05 bits per heavy atom. The molecule has 5 heterocycles. The molecule has 3 N–H and O–H groups in total. The summed E-state index contributed by atoms with van der Waals surface area (Å²) in [6.45, 7) is 5.30. The van der Waals surface area contributed by atoms with Crippen molar-refractivity contribution in [1.82, 2.24) is 23.9 Å². The number of benzene rings is 2. The third-order valence-electron chi connectivity index (χ3n) is 8.15. The first kappa shape index (κ1) is 28.1. The van der Waals surface area contributed by atoms with Crippen LogP contribution in [0.3, 0.4) is 0 Å². The Morgan fingerprint density at radius 2 is 1.84 bits per heavy atom. The zero-order chi connectivity index (χ0) is 30.4. The number of nitrogens with one attached hydrogen (secondary N) is 3. The van der Waals surface area contributed by atoms with Crippen molar-refractivity contribution < 1.29 is 17.9 Å². The predicted octanol–water partition coefficient (Wildman–Crippen LogP) is 3.79. The van der Waals surface area contributed by atoms with E-state index >= 15 is 0 Å². The van der Waals surface area contributed by atoms with Gasteiger partial charge in [0.1, 0.15) is 29.7 Å². The van der Waals surface area contributed by atoms with E-state index in [-0.39, 0.29) is 16.8 Å². The minimum Gasteiger partial charge on any atom is -0.379 e. The van der Waals surface area contributed by atoms with Crippen LogP contribution in [0.25, 0.3) is 22.2 Å². The van der Waals surface area contributed by atoms with Crippen LogP contribution in [0.5, 0.6) is 0 Å². The number of para-hydroxylation sites is 1. The molecule has 12 nitrogen and oxygen atoms in total. The predicted molar refractivity (Wildman–Crippen MR) is 168 cm³/mol. The van der Waals surface area contributed by atoms with Gasteiger partial charge in [0.25, 0.3) is 5.91 Å². The summed E-state index contributed by atoms with van der Waals surface area (Å²) in [5.41, 5.74) is 7.79. The first-order valence-corrected chi connectivity index (χ1v) is 15.9. The summed E-state index contributed by atoms with van der Waals surface area (Å²) in [6.07, 6.45) is 4.66. The molecule has 1 amide bonds. The summed E-state index contributed by atoms with van der Waals surface area (Å²) in [5, 5.41) is 4.24. The van der Waals surface area contributed by atoms with Crippen LogP contribution < -0.4 is 15.6 Å². The minimum absolute atomic E-state index is 0.107. The second kappa shape index (κ2) is 11.1. The molecule has 1 saturated heterocycles. The number of aromatic amines is 1. The first-order valence-electron chi connectivity index (χ1n) is 14.4. The van der Waals surface area contributed by atoms with Gasteiger partial charge in [-0.3, -0.25) is 14.4 Å². The van der Waals surface area contributed by atoms with Gasteiger partial charge in [-0.25, -0.2) is 18.4 Å². The number of fused-ring (bicyclic) bond motifs is 2. The van der Waals surface area contributed by atoms with E-state index in [9.17, 15) is 13.2 Å². The number of sulfonamides is 1. The van der Waals surface area contributed by atoms with Crippen molar-refractivity contribution in [3.05, 3.63) is 90.6 Å². The number of hydrogen-bond acceptors (Lipinski definition) is 8. The maximum atomic E-state index is 13.9. The largest absolute Gasteiger partial charge is 0.379 e. The molecule has 5 aromatic rings. The minimum atomic E-state index is -3.68. The van der Waals surface area contributed by atoms with Crippen molar-refractivity contribution in [2.75, 3.05) is 41.9 Å². The molecule has 0 saturated carbocycles. The zero-order valence-electron chi connectivity index (χ0n) is 24.3. The van der Waals surface area contributed by atoms with Gasteiger partial charge >= 0.3 is 0 Å². The molecule has 7 rings (SSSR count). The molecule has 0 aliphatic carbocycles. The highest BCUT2D eigenvalue weighted by atomic mass is 32.2. The van der Waals surface area contributed by atoms with Crippen LogP contribution in [-0.4, -0.2) is 76.8 Å². The number of morpholine rings is 1. The van der Waals surface area contributed by atoms with E-state index in [0.29, 0.717) is 54.4 Å². The molecular weight excluding hydrogens is 580 g/mol. The average Bonchev–Trinajstić information content (AvgIpc) is 3.66. The molecule has 2 aliphatic heterocycles. The summed E-state index contributed by atoms with van der Waals surface area (Å²) >= 11 is 0. The summed E-state index contributed by atoms with van der Waals surface area (Å²) in [6, 6.07) is 18.1. The van der Waals surface area contributed by atoms with Crippen molar-refractivity contribution in [1.29, 1.82) is 0 Å². The zero-order valence-corrected chi connectivity index (χ0v) is 25.1. The normalized spacial score (nSPS) is 18.2. The van der Waals surface area contributed by atoms with Gasteiger partial charge < -0.3 is 20.5 Å². The lowest BCUT2D eigenvalue weighted by Gasteiger charge is -2.41. The fourth-order valence-corrected chi connectivity index (χ4v) is 7.36.